The van der Waals surface area contributed by atoms with Crippen molar-refractivity contribution in [2.24, 2.45) is 6.66 Å². The number of aryl methyl sites for hydroxylation is 1. The zero-order chi connectivity index (χ0) is 26.7. The molecule has 1 aromatic heterocycles. The Labute approximate surface area is 223 Å². The molecule has 200 valence electrons. The molecule has 2 aliphatic rings. The first-order chi connectivity index (χ1) is 17.8. The van der Waals surface area contributed by atoms with Gasteiger partial charge in [-0.25, -0.2) is 8.70 Å². The summed E-state index contributed by atoms with van der Waals surface area (Å²) < 4.78 is 34.0. The van der Waals surface area contributed by atoms with Gasteiger partial charge in [-0.15, -0.1) is 0 Å². The van der Waals surface area contributed by atoms with E-state index < -0.39 is 13.4 Å². The first-order valence-corrected chi connectivity index (χ1v) is 14.8. The number of hydrogen-bond donors (Lipinski definition) is 1. The number of carboxylic acid groups (broad SMARTS) is 1. The van der Waals surface area contributed by atoms with Crippen LogP contribution < -0.4 is 0 Å². The van der Waals surface area contributed by atoms with Crippen LogP contribution in [0.4, 0.5) is 4.39 Å². The van der Waals surface area contributed by atoms with Crippen molar-refractivity contribution in [1.82, 2.24) is 9.29 Å². The number of ether oxygens (including phenoxy) is 2. The monoisotopic (exact) mass is 549 g/mol. The lowest BCUT2D eigenvalue weighted by Crippen LogP contribution is -2.31. The van der Waals surface area contributed by atoms with Gasteiger partial charge in [-0.1, -0.05) is 36.2 Å². The van der Waals surface area contributed by atoms with Crippen molar-refractivity contribution in [3.05, 3.63) is 70.9 Å². The van der Waals surface area contributed by atoms with E-state index >= 15 is 0 Å². The molecule has 1 aliphatic heterocycles. The normalized spacial score (nSPS) is 16.7. The molecule has 4 rings (SSSR count). The molecule has 0 bridgehead atoms. The summed E-state index contributed by atoms with van der Waals surface area (Å²) in [6.07, 6.45) is 10.2. The minimum Gasteiger partial charge on any atom is -0.493 e. The molecule has 1 aliphatic carbocycles. The van der Waals surface area contributed by atoms with Crippen molar-refractivity contribution in [3.8, 4) is 11.5 Å². The predicted molar refractivity (Wildman–Crippen MR) is 147 cm³/mol. The second kappa shape index (κ2) is 14.5. The third kappa shape index (κ3) is 9.42. The van der Waals surface area contributed by atoms with E-state index in [-0.39, 0.29) is 6.47 Å². The maximum atomic E-state index is 14.1. The minimum absolute atomic E-state index is 0.250. The highest BCUT2D eigenvalue weighted by Crippen LogP contribution is 2.36. The summed E-state index contributed by atoms with van der Waals surface area (Å²) in [5, 5.41) is 6.89. The smallest absolute Gasteiger partial charge is 0.330 e. The Morgan fingerprint density at radius 1 is 1.22 bits per heavy atom. The van der Waals surface area contributed by atoms with Crippen molar-refractivity contribution in [2.75, 3.05) is 38.7 Å². The van der Waals surface area contributed by atoms with Gasteiger partial charge in [0.2, 0.25) is 0 Å². The number of benzene rings is 1. The highest BCUT2D eigenvalue weighted by Gasteiger charge is 2.23. The fraction of sp³-hybridized carbons (Fsp3) is 0.444. The Morgan fingerprint density at radius 2 is 1.92 bits per heavy atom. The van der Waals surface area contributed by atoms with Gasteiger partial charge >= 0.3 is 7.77 Å². The molecule has 1 aromatic carbocycles. The molecule has 0 radical (unpaired) electrons. The fourth-order valence-electron chi connectivity index (χ4n) is 3.70. The second-order valence-corrected chi connectivity index (χ2v) is 11.7. The van der Waals surface area contributed by atoms with Crippen LogP contribution in [-0.4, -0.2) is 59.5 Å². The Hall–Kier alpha value is -2.45. The number of alkyl halides is 1. The molecule has 0 amide bonds. The van der Waals surface area contributed by atoms with E-state index in [4.69, 9.17) is 28.6 Å². The molecular weight excluding hydrogens is 514 g/mol. The largest absolute Gasteiger partial charge is 0.493 e. The summed E-state index contributed by atoms with van der Waals surface area (Å²) in [5.41, 5.74) is 2.51. The highest BCUT2D eigenvalue weighted by molar-refractivity contribution is 7.97. The van der Waals surface area contributed by atoms with Crippen molar-refractivity contribution in [1.29, 1.82) is 0 Å². The van der Waals surface area contributed by atoms with Crippen molar-refractivity contribution in [2.45, 2.75) is 32.4 Å². The third-order valence-corrected chi connectivity index (χ3v) is 8.46. The van der Waals surface area contributed by atoms with Crippen LogP contribution in [0.2, 0.25) is 0 Å². The van der Waals surface area contributed by atoms with Crippen LogP contribution in [-0.2, 0) is 33.0 Å². The van der Waals surface area contributed by atoms with Crippen LogP contribution >= 0.6 is 19.7 Å². The zero-order valence-corrected chi connectivity index (χ0v) is 23.3. The van der Waals surface area contributed by atoms with Crippen LogP contribution in [0.15, 0.2) is 64.1 Å². The molecule has 1 fully saturated rings. The Kier molecular flexibility index (Phi) is 11.4. The molecule has 37 heavy (non-hydrogen) atoms. The zero-order valence-electron chi connectivity index (χ0n) is 21.6. The van der Waals surface area contributed by atoms with E-state index in [2.05, 4.69) is 35.3 Å². The van der Waals surface area contributed by atoms with Gasteiger partial charge in [0, 0.05) is 24.4 Å². The maximum Gasteiger partial charge on any atom is 0.330 e. The van der Waals surface area contributed by atoms with Gasteiger partial charge in [0.25, 0.3) is 17.8 Å². The predicted octanol–water partition coefficient (Wildman–Crippen LogP) is 6.36. The Balaban J connectivity index is 0.00000121. The molecule has 10 heteroatoms. The summed E-state index contributed by atoms with van der Waals surface area (Å²) in [4.78, 5) is 13.1. The molecule has 7 nitrogen and oxygen atoms in total. The number of allylic oxidation sites excluding steroid dienone is 4. The van der Waals surface area contributed by atoms with E-state index in [0.717, 1.165) is 61.6 Å². The molecule has 1 N–H and O–H groups in total. The highest BCUT2D eigenvalue weighted by atomic mass is 32.2. The van der Waals surface area contributed by atoms with Gasteiger partial charge in [-0.2, -0.15) is 4.98 Å². The van der Waals surface area contributed by atoms with Crippen LogP contribution in [0.5, 0.6) is 0 Å². The number of halogens is 1. The van der Waals surface area contributed by atoms with Gasteiger partial charge in [0.05, 0.1) is 26.2 Å². The van der Waals surface area contributed by atoms with Crippen molar-refractivity contribution >= 4 is 26.2 Å². The molecule has 1 saturated heterocycles. The Morgan fingerprint density at radius 3 is 2.59 bits per heavy atom. The topological polar surface area (TPSA) is 85.0 Å². The van der Waals surface area contributed by atoms with Gasteiger partial charge < -0.3 is 14.6 Å². The number of carbonyl (C=O) groups is 1. The minimum atomic E-state index is -1.36. The first-order valence-electron chi connectivity index (χ1n) is 12.2. The van der Waals surface area contributed by atoms with Gasteiger partial charge in [0.1, 0.15) is 18.1 Å². The number of hydrogen-bond acceptors (Lipinski definition) is 7. The SMILES string of the molecule is C[p+]1oc(-c2ccc(C(C)(C)F)cc2)nc1CCOC1=CCC=C(CSN2CCOCC2)C=C1.O=CO. The molecular formula is C27H35FN2O5PS+. The molecule has 0 saturated carbocycles. The van der Waals surface area contributed by atoms with E-state index in [1.54, 1.807) is 26.0 Å². The van der Waals surface area contributed by atoms with E-state index in [1.807, 2.05) is 24.1 Å². The van der Waals surface area contributed by atoms with E-state index in [9.17, 15) is 4.39 Å². The van der Waals surface area contributed by atoms with E-state index in [0.29, 0.717) is 18.1 Å². The number of aromatic nitrogens is 1. The molecule has 1 atom stereocenters. The van der Waals surface area contributed by atoms with Crippen molar-refractivity contribution < 1.29 is 28.0 Å². The summed E-state index contributed by atoms with van der Waals surface area (Å²) in [5.74, 6) is 2.48. The third-order valence-electron chi connectivity index (χ3n) is 5.77. The molecule has 2 aromatic rings. The summed E-state index contributed by atoms with van der Waals surface area (Å²) in [6, 6.07) is 7.35. The van der Waals surface area contributed by atoms with E-state index in [1.165, 1.54) is 5.57 Å². The van der Waals surface area contributed by atoms with Crippen LogP contribution in [0.25, 0.3) is 11.5 Å². The van der Waals surface area contributed by atoms with Crippen molar-refractivity contribution in [3.63, 3.8) is 0 Å². The average Bonchev–Trinajstić information content (AvgIpc) is 3.10. The van der Waals surface area contributed by atoms with Gasteiger partial charge in [-0.3, -0.25) is 8.99 Å². The first kappa shape index (κ1) is 29.1. The fourth-order valence-corrected chi connectivity index (χ4v) is 5.80. The Bertz CT molecular complexity index is 1100. The number of nitrogens with zero attached hydrogens (tertiary/aromatic N) is 2. The van der Waals surface area contributed by atoms with Crippen LogP contribution in [0.3, 0.4) is 0 Å². The van der Waals surface area contributed by atoms with Gasteiger partial charge in [0.15, 0.2) is 0 Å². The van der Waals surface area contributed by atoms with Gasteiger partial charge in [-0.05, 0) is 55.7 Å². The average molecular weight is 550 g/mol. The molecule has 1 unspecified atom stereocenters. The lowest BCUT2D eigenvalue weighted by atomic mass is 9.99. The summed E-state index contributed by atoms with van der Waals surface area (Å²) in [6.45, 7) is 9.11. The quantitative estimate of drug-likeness (QED) is 0.286. The maximum absolute atomic E-state index is 14.1. The standard InChI is InChI=1S/C26H33FN2O3PS.CH2O2/c1-26(2,27)22-10-8-21(9-11-22)25-28-24(33(3)32-25)13-16-31-23-6-4-5-20(7-12-23)19-34-29-14-17-30-18-15-29;2-1-3/h5-12H,4,13-19H2,1-3H3;1H,(H,2,3)/q+1;. The summed E-state index contributed by atoms with van der Waals surface area (Å²) >= 11 is 1.87. The lowest BCUT2D eigenvalue weighted by Gasteiger charge is -2.25. The second-order valence-electron chi connectivity index (χ2n) is 8.95. The summed E-state index contributed by atoms with van der Waals surface area (Å²) in [7, 11) is -0.780. The number of rotatable bonds is 9. The molecule has 0 spiro atoms. The van der Waals surface area contributed by atoms with Crippen LogP contribution in [0.1, 0.15) is 31.3 Å². The lowest BCUT2D eigenvalue weighted by molar-refractivity contribution is -0.122. The number of morpholine rings is 1. The molecule has 2 heterocycles. The van der Waals surface area contributed by atoms with Crippen LogP contribution in [0, 0.1) is 0 Å².